The molecule has 4 aliphatic carbocycles. The van der Waals surface area contributed by atoms with Crippen LogP contribution in [0, 0.1) is 12.3 Å². The van der Waals surface area contributed by atoms with Crippen LogP contribution in [-0.4, -0.2) is 29.5 Å². The number of carbonyl (C=O) groups is 2. The molecule has 0 radical (unpaired) electrons. The van der Waals surface area contributed by atoms with Crippen LogP contribution < -0.4 is 5.32 Å². The molecule has 0 spiro atoms. The first-order chi connectivity index (χ1) is 17.4. The van der Waals surface area contributed by atoms with Crippen molar-refractivity contribution >= 4 is 22.8 Å². The van der Waals surface area contributed by atoms with Gasteiger partial charge in [0.25, 0.3) is 5.91 Å². The van der Waals surface area contributed by atoms with Gasteiger partial charge < -0.3 is 10.1 Å². The summed E-state index contributed by atoms with van der Waals surface area (Å²) in [7, 11) is 1.48. The molecule has 5 nitrogen and oxygen atoms in total. The van der Waals surface area contributed by atoms with Crippen LogP contribution in [0.1, 0.15) is 85.2 Å². The summed E-state index contributed by atoms with van der Waals surface area (Å²) in [6, 6.07) is 16.6. The van der Waals surface area contributed by atoms with E-state index in [0.29, 0.717) is 5.92 Å². The van der Waals surface area contributed by atoms with E-state index in [0.717, 1.165) is 71.8 Å². The highest BCUT2D eigenvalue weighted by atomic mass is 16.5. The molecule has 3 aromatic rings. The second-order valence-electron chi connectivity index (χ2n) is 11.2. The molecule has 1 amide bonds. The number of rotatable bonds is 5. The van der Waals surface area contributed by atoms with E-state index in [2.05, 4.69) is 35.6 Å². The van der Waals surface area contributed by atoms with Crippen molar-refractivity contribution in [1.82, 2.24) is 10.3 Å². The summed E-state index contributed by atoms with van der Waals surface area (Å²) in [4.78, 5) is 31.6. The van der Waals surface area contributed by atoms with E-state index in [1.54, 1.807) is 0 Å². The third kappa shape index (κ3) is 3.71. The Morgan fingerprint density at radius 3 is 2.28 bits per heavy atom. The van der Waals surface area contributed by atoms with E-state index in [4.69, 9.17) is 9.72 Å². The van der Waals surface area contributed by atoms with Gasteiger partial charge >= 0.3 is 5.97 Å². The molecule has 186 valence electrons. The molecule has 5 heteroatoms. The number of ether oxygens (including phenoxy) is 1. The maximum atomic E-state index is 14.1. The Balaban J connectivity index is 1.40. The third-order valence-corrected chi connectivity index (χ3v) is 9.35. The summed E-state index contributed by atoms with van der Waals surface area (Å²) in [5.74, 6) is 0.477. The van der Waals surface area contributed by atoms with Gasteiger partial charge in [-0.2, -0.15) is 0 Å². The lowest BCUT2D eigenvalue weighted by molar-refractivity contribution is -0.160. The van der Waals surface area contributed by atoms with Gasteiger partial charge in [0.05, 0.1) is 29.3 Å². The molecule has 36 heavy (non-hydrogen) atoms. The first-order valence-electron chi connectivity index (χ1n) is 13.3. The first-order valence-corrected chi connectivity index (χ1v) is 13.3. The lowest BCUT2D eigenvalue weighted by Crippen LogP contribution is -2.58. The van der Waals surface area contributed by atoms with Gasteiger partial charge in [0.1, 0.15) is 0 Å². The van der Waals surface area contributed by atoms with Crippen LogP contribution in [0.25, 0.3) is 22.2 Å². The largest absolute Gasteiger partial charge is 0.469 e. The predicted molar refractivity (Wildman–Crippen MR) is 141 cm³/mol. The smallest absolute Gasteiger partial charge is 0.311 e. The number of carbonyl (C=O) groups excluding carboxylic acids is 2. The molecule has 1 heterocycles. The van der Waals surface area contributed by atoms with Crippen molar-refractivity contribution in [2.75, 3.05) is 7.11 Å². The molecule has 7 rings (SSSR count). The number of amides is 1. The van der Waals surface area contributed by atoms with Crippen LogP contribution in [0.5, 0.6) is 0 Å². The number of aromatic nitrogens is 1. The molecular weight excluding hydrogens is 448 g/mol. The highest BCUT2D eigenvalue weighted by Crippen LogP contribution is 2.53. The number of methoxy groups -OCH3 is 1. The molecule has 0 unspecified atom stereocenters. The normalized spacial score (nSPS) is 25.4. The van der Waals surface area contributed by atoms with Gasteiger partial charge in [0.15, 0.2) is 0 Å². The minimum absolute atomic E-state index is 0.0182. The lowest BCUT2D eigenvalue weighted by atomic mass is 9.57. The monoisotopic (exact) mass is 482 g/mol. The van der Waals surface area contributed by atoms with E-state index in [-0.39, 0.29) is 22.8 Å². The van der Waals surface area contributed by atoms with Crippen LogP contribution in [0.15, 0.2) is 48.5 Å². The van der Waals surface area contributed by atoms with Gasteiger partial charge in [0, 0.05) is 16.5 Å². The van der Waals surface area contributed by atoms with Crippen molar-refractivity contribution in [1.29, 1.82) is 0 Å². The summed E-state index contributed by atoms with van der Waals surface area (Å²) < 4.78 is 5.12. The van der Waals surface area contributed by atoms with Crippen LogP contribution in [0.3, 0.4) is 0 Å². The molecule has 0 saturated heterocycles. The van der Waals surface area contributed by atoms with Crippen molar-refractivity contribution in [3.8, 4) is 11.3 Å². The van der Waals surface area contributed by atoms with Gasteiger partial charge in [-0.05, 0) is 87.5 Å². The average Bonchev–Trinajstić information content (AvgIpc) is 2.88. The second-order valence-corrected chi connectivity index (χ2v) is 11.2. The zero-order chi connectivity index (χ0) is 24.9. The molecule has 1 aromatic heterocycles. The number of esters is 1. The molecule has 4 fully saturated rings. The number of benzene rings is 2. The zero-order valence-corrected chi connectivity index (χ0v) is 21.2. The van der Waals surface area contributed by atoms with E-state index < -0.39 is 0 Å². The highest BCUT2D eigenvalue weighted by molar-refractivity contribution is 6.09. The van der Waals surface area contributed by atoms with Crippen LogP contribution in [-0.2, 0) is 9.53 Å². The summed E-state index contributed by atoms with van der Waals surface area (Å²) in [6.07, 6.45) is 8.47. The Bertz CT molecular complexity index is 1320. The van der Waals surface area contributed by atoms with Crippen LogP contribution in [0.4, 0.5) is 0 Å². The van der Waals surface area contributed by atoms with Crippen molar-refractivity contribution < 1.29 is 14.3 Å². The third-order valence-electron chi connectivity index (χ3n) is 9.35. The van der Waals surface area contributed by atoms with Crippen LogP contribution in [0.2, 0.25) is 0 Å². The summed E-state index contributed by atoms with van der Waals surface area (Å²) >= 11 is 0. The summed E-state index contributed by atoms with van der Waals surface area (Å²) in [5, 5.41) is 4.43. The number of hydrogen-bond donors (Lipinski definition) is 1. The second kappa shape index (κ2) is 8.72. The maximum absolute atomic E-state index is 14.1. The Morgan fingerprint density at radius 2 is 1.67 bits per heavy atom. The fraction of sp³-hybridized carbons (Fsp3) is 0.452. The number of nitrogens with zero attached hydrogens (tertiary/aromatic N) is 1. The van der Waals surface area contributed by atoms with Gasteiger partial charge in [-0.1, -0.05) is 42.8 Å². The molecule has 4 saturated carbocycles. The predicted octanol–water partition coefficient (Wildman–Crippen LogP) is 6.47. The lowest BCUT2D eigenvalue weighted by Gasteiger charge is -2.52. The maximum Gasteiger partial charge on any atom is 0.311 e. The molecular formula is C31H34N2O3. The fourth-order valence-electron chi connectivity index (χ4n) is 6.74. The molecule has 2 bridgehead atoms. The van der Waals surface area contributed by atoms with Gasteiger partial charge in [-0.15, -0.1) is 0 Å². The Morgan fingerprint density at radius 1 is 0.972 bits per heavy atom. The topological polar surface area (TPSA) is 68.3 Å². The number of fused-ring (bicyclic) bond motifs is 4. The van der Waals surface area contributed by atoms with Crippen LogP contribution >= 0.6 is 0 Å². The minimum Gasteiger partial charge on any atom is -0.469 e. The molecule has 1 N–H and O–H groups in total. The van der Waals surface area contributed by atoms with E-state index >= 15 is 0 Å². The molecule has 0 aliphatic heterocycles. The van der Waals surface area contributed by atoms with Crippen molar-refractivity contribution in [2.45, 2.75) is 76.2 Å². The Hall–Kier alpha value is -3.21. The quantitative estimate of drug-likeness (QED) is 0.423. The average molecular weight is 483 g/mol. The number of pyridine rings is 1. The van der Waals surface area contributed by atoms with Gasteiger partial charge in [-0.3, -0.25) is 9.59 Å². The SMILES string of the molecule is COC(=O)C12CCC(NC(=O)c3c(C)c(-c4ccccc4)nc4ccc(C5CCC5)cc34)(CC1)CC2. The van der Waals surface area contributed by atoms with Crippen molar-refractivity contribution in [3.05, 3.63) is 65.2 Å². The number of nitrogens with one attached hydrogen (secondary N) is 1. The van der Waals surface area contributed by atoms with Crippen molar-refractivity contribution in [3.63, 3.8) is 0 Å². The number of hydrogen-bond acceptors (Lipinski definition) is 4. The van der Waals surface area contributed by atoms with Crippen molar-refractivity contribution in [2.24, 2.45) is 5.41 Å². The molecule has 2 aromatic carbocycles. The van der Waals surface area contributed by atoms with E-state index in [9.17, 15) is 9.59 Å². The Kier molecular flexibility index (Phi) is 5.62. The Labute approximate surface area is 212 Å². The van der Waals surface area contributed by atoms with E-state index in [1.807, 2.05) is 25.1 Å². The zero-order valence-electron chi connectivity index (χ0n) is 21.2. The summed E-state index contributed by atoms with van der Waals surface area (Å²) in [5.41, 5.74) is 5.10. The molecule has 4 aliphatic rings. The van der Waals surface area contributed by atoms with Gasteiger partial charge in [0.2, 0.25) is 0 Å². The van der Waals surface area contributed by atoms with E-state index in [1.165, 1.54) is 31.9 Å². The minimum atomic E-state index is -0.362. The summed E-state index contributed by atoms with van der Waals surface area (Å²) in [6.45, 7) is 2.03. The first kappa shape index (κ1) is 23.2. The standard InChI is InChI=1S/C31H34N2O3/c1-20-26(28(34)33-31-16-13-30(14-17-31,15-18-31)29(35)36-2)24-19-23(21-9-6-10-21)11-12-25(24)32-27(20)22-7-4-3-5-8-22/h3-5,7-8,11-12,19,21H,6,9-10,13-18H2,1-2H3,(H,33,34). The highest BCUT2D eigenvalue weighted by Gasteiger charge is 2.53. The molecule has 0 atom stereocenters. The fourth-order valence-corrected chi connectivity index (χ4v) is 6.74. The van der Waals surface area contributed by atoms with Gasteiger partial charge in [-0.25, -0.2) is 4.98 Å².